The summed E-state index contributed by atoms with van der Waals surface area (Å²) in [6.07, 6.45) is 0. The van der Waals surface area contributed by atoms with E-state index in [0.29, 0.717) is 11.3 Å². The standard InChI is InChI=1S/C9H6NO3/c1-6-4-7-2-3-8(10(11)12)5-9(7)13-6/h2-5H,1H2. The fourth-order valence-electron chi connectivity index (χ4n) is 1.19. The summed E-state index contributed by atoms with van der Waals surface area (Å²) in [5, 5.41) is 11.2. The minimum atomic E-state index is -0.454. The highest BCUT2D eigenvalue weighted by Crippen LogP contribution is 2.23. The molecule has 0 unspecified atom stereocenters. The van der Waals surface area contributed by atoms with E-state index in [0.717, 1.165) is 5.39 Å². The van der Waals surface area contributed by atoms with Crippen LogP contribution < -0.4 is 0 Å². The molecule has 0 amide bonds. The molecule has 0 saturated heterocycles. The molecule has 0 atom stereocenters. The second kappa shape index (κ2) is 2.58. The third-order valence-corrected chi connectivity index (χ3v) is 1.77. The van der Waals surface area contributed by atoms with Gasteiger partial charge < -0.3 is 4.42 Å². The third-order valence-electron chi connectivity index (χ3n) is 1.77. The number of hydrogen-bond acceptors (Lipinski definition) is 3. The quantitative estimate of drug-likeness (QED) is 0.495. The Hall–Kier alpha value is -1.84. The van der Waals surface area contributed by atoms with Crippen LogP contribution in [0.4, 0.5) is 5.69 Å². The van der Waals surface area contributed by atoms with Crippen LogP contribution in [0.2, 0.25) is 0 Å². The summed E-state index contributed by atoms with van der Waals surface area (Å²) < 4.78 is 5.14. The fraction of sp³-hybridized carbons (Fsp3) is 0. The molecule has 0 aliphatic carbocycles. The molecule has 13 heavy (non-hydrogen) atoms. The van der Waals surface area contributed by atoms with Crippen LogP contribution in [0.5, 0.6) is 0 Å². The number of hydrogen-bond donors (Lipinski definition) is 0. The zero-order valence-electron chi connectivity index (χ0n) is 6.69. The largest absolute Gasteiger partial charge is 0.461 e. The molecule has 1 aromatic heterocycles. The highest BCUT2D eigenvalue weighted by atomic mass is 16.6. The van der Waals surface area contributed by atoms with E-state index in [1.165, 1.54) is 12.1 Å². The summed E-state index contributed by atoms with van der Waals surface area (Å²) in [6.45, 7) is 3.60. The van der Waals surface area contributed by atoms with Crippen molar-refractivity contribution in [3.63, 3.8) is 0 Å². The predicted octanol–water partition coefficient (Wildman–Crippen LogP) is 2.52. The summed E-state index contributed by atoms with van der Waals surface area (Å²) >= 11 is 0. The van der Waals surface area contributed by atoms with Crippen molar-refractivity contribution in [2.24, 2.45) is 0 Å². The number of rotatable bonds is 1. The highest BCUT2D eigenvalue weighted by Gasteiger charge is 2.08. The SMILES string of the molecule is [CH2]c1cc2ccc([N+](=O)[O-])cc2o1. The Bertz CT molecular complexity index is 473. The second-order valence-corrected chi connectivity index (χ2v) is 2.69. The van der Waals surface area contributed by atoms with Gasteiger partial charge in [0.15, 0.2) is 0 Å². The van der Waals surface area contributed by atoms with Crippen molar-refractivity contribution in [2.45, 2.75) is 0 Å². The first-order valence-electron chi connectivity index (χ1n) is 3.67. The number of benzene rings is 1. The van der Waals surface area contributed by atoms with Crippen molar-refractivity contribution >= 4 is 16.7 Å². The van der Waals surface area contributed by atoms with E-state index in [1.54, 1.807) is 12.1 Å². The molecule has 1 aromatic carbocycles. The van der Waals surface area contributed by atoms with E-state index in [2.05, 4.69) is 6.92 Å². The Labute approximate surface area is 73.9 Å². The summed E-state index contributed by atoms with van der Waals surface area (Å²) in [5.41, 5.74) is 0.529. The number of non-ortho nitro benzene ring substituents is 1. The minimum absolute atomic E-state index is 0.0295. The molecule has 0 aliphatic rings. The first-order valence-corrected chi connectivity index (χ1v) is 3.67. The van der Waals surface area contributed by atoms with E-state index in [4.69, 9.17) is 4.42 Å². The van der Waals surface area contributed by atoms with Crippen LogP contribution >= 0.6 is 0 Å². The normalized spacial score (nSPS) is 10.5. The Morgan fingerprint density at radius 1 is 1.38 bits per heavy atom. The molecule has 0 bridgehead atoms. The van der Waals surface area contributed by atoms with Gasteiger partial charge in [-0.05, 0) is 12.1 Å². The van der Waals surface area contributed by atoms with E-state index < -0.39 is 4.92 Å². The summed E-state index contributed by atoms with van der Waals surface area (Å²) in [4.78, 5) is 9.95. The van der Waals surface area contributed by atoms with Crippen LogP contribution in [-0.4, -0.2) is 4.92 Å². The smallest absolute Gasteiger partial charge is 0.273 e. The van der Waals surface area contributed by atoms with E-state index in [1.807, 2.05) is 0 Å². The maximum Gasteiger partial charge on any atom is 0.273 e. The Kier molecular flexibility index (Phi) is 1.55. The van der Waals surface area contributed by atoms with Gasteiger partial charge in [-0.3, -0.25) is 10.1 Å². The van der Waals surface area contributed by atoms with Crippen molar-refractivity contribution in [2.75, 3.05) is 0 Å². The summed E-state index contributed by atoms with van der Waals surface area (Å²) in [6, 6.07) is 6.21. The topological polar surface area (TPSA) is 56.3 Å². The Balaban J connectivity index is 2.67. The van der Waals surface area contributed by atoms with Gasteiger partial charge in [0.2, 0.25) is 0 Å². The van der Waals surface area contributed by atoms with Gasteiger partial charge in [0.25, 0.3) is 5.69 Å². The molecule has 4 heteroatoms. The van der Waals surface area contributed by atoms with Gasteiger partial charge in [0.05, 0.1) is 11.0 Å². The van der Waals surface area contributed by atoms with Crippen molar-refractivity contribution in [3.05, 3.63) is 47.1 Å². The third kappa shape index (κ3) is 1.26. The van der Waals surface area contributed by atoms with Crippen LogP contribution in [0.3, 0.4) is 0 Å². The van der Waals surface area contributed by atoms with Crippen LogP contribution in [0, 0.1) is 17.0 Å². The molecular formula is C9H6NO3. The molecule has 0 saturated carbocycles. The first-order chi connectivity index (χ1) is 6.16. The van der Waals surface area contributed by atoms with Gasteiger partial charge in [0.1, 0.15) is 11.3 Å². The number of furan rings is 1. The molecule has 0 aliphatic heterocycles. The lowest BCUT2D eigenvalue weighted by atomic mass is 10.2. The van der Waals surface area contributed by atoms with Gasteiger partial charge >= 0.3 is 0 Å². The number of nitro benzene ring substituents is 1. The number of nitrogens with zero attached hydrogens (tertiary/aromatic N) is 1. The van der Waals surface area contributed by atoms with Gasteiger partial charge in [-0.15, -0.1) is 0 Å². The molecule has 2 aromatic rings. The predicted molar refractivity (Wildman–Crippen MR) is 47.3 cm³/mol. The summed E-state index contributed by atoms with van der Waals surface area (Å²) in [5.74, 6) is 0.510. The second-order valence-electron chi connectivity index (χ2n) is 2.69. The molecular weight excluding hydrogens is 170 g/mol. The zero-order valence-corrected chi connectivity index (χ0v) is 6.69. The van der Waals surface area contributed by atoms with Crippen LogP contribution in [0.15, 0.2) is 28.7 Å². The molecule has 0 N–H and O–H groups in total. The van der Waals surface area contributed by atoms with Gasteiger partial charge in [-0.2, -0.15) is 0 Å². The van der Waals surface area contributed by atoms with E-state index in [-0.39, 0.29) is 5.69 Å². The maximum atomic E-state index is 10.4. The zero-order chi connectivity index (χ0) is 9.42. The van der Waals surface area contributed by atoms with Crippen LogP contribution in [0.25, 0.3) is 11.0 Å². The lowest BCUT2D eigenvalue weighted by molar-refractivity contribution is -0.384. The molecule has 4 nitrogen and oxygen atoms in total. The highest BCUT2D eigenvalue weighted by molar-refractivity contribution is 5.80. The van der Waals surface area contributed by atoms with E-state index in [9.17, 15) is 10.1 Å². The lowest BCUT2D eigenvalue weighted by Crippen LogP contribution is -1.85. The summed E-state index contributed by atoms with van der Waals surface area (Å²) in [7, 11) is 0. The monoisotopic (exact) mass is 176 g/mol. The van der Waals surface area contributed by atoms with Crippen molar-refractivity contribution in [3.8, 4) is 0 Å². The molecule has 1 radical (unpaired) electrons. The molecule has 2 rings (SSSR count). The first kappa shape index (κ1) is 7.79. The van der Waals surface area contributed by atoms with Gasteiger partial charge in [-0.1, -0.05) is 0 Å². The lowest BCUT2D eigenvalue weighted by Gasteiger charge is -1.89. The maximum absolute atomic E-state index is 10.4. The minimum Gasteiger partial charge on any atom is -0.461 e. The van der Waals surface area contributed by atoms with Crippen molar-refractivity contribution < 1.29 is 9.34 Å². The molecule has 0 spiro atoms. The molecule has 65 valence electrons. The van der Waals surface area contributed by atoms with E-state index >= 15 is 0 Å². The number of fused-ring (bicyclic) bond motifs is 1. The molecule has 0 fully saturated rings. The van der Waals surface area contributed by atoms with Crippen molar-refractivity contribution in [1.82, 2.24) is 0 Å². The average Bonchev–Trinajstić information content (AvgIpc) is 2.42. The Morgan fingerprint density at radius 2 is 2.15 bits per heavy atom. The Morgan fingerprint density at radius 3 is 2.85 bits per heavy atom. The number of nitro groups is 1. The van der Waals surface area contributed by atoms with Gasteiger partial charge in [-0.25, -0.2) is 0 Å². The van der Waals surface area contributed by atoms with Crippen LogP contribution in [0.1, 0.15) is 5.76 Å². The van der Waals surface area contributed by atoms with Gasteiger partial charge in [0, 0.05) is 18.4 Å². The fourth-order valence-corrected chi connectivity index (χ4v) is 1.19. The van der Waals surface area contributed by atoms with Crippen LogP contribution in [-0.2, 0) is 0 Å². The average molecular weight is 176 g/mol. The van der Waals surface area contributed by atoms with Crippen molar-refractivity contribution in [1.29, 1.82) is 0 Å². The molecule has 1 heterocycles.